The van der Waals surface area contributed by atoms with Crippen molar-refractivity contribution in [1.82, 2.24) is 24.7 Å². The number of pyridine rings is 2. The first-order valence-corrected chi connectivity index (χ1v) is 10.7. The number of carbonyl (C=O) groups excluding carboxylic acids is 1. The Hall–Kier alpha value is -2.15. The van der Waals surface area contributed by atoms with Gasteiger partial charge in [-0.3, -0.25) is 24.6 Å². The van der Waals surface area contributed by atoms with E-state index in [1.54, 1.807) is 0 Å². The smallest absolute Gasteiger partial charge is 0.151 e. The van der Waals surface area contributed by atoms with Crippen LogP contribution in [0.3, 0.4) is 0 Å². The van der Waals surface area contributed by atoms with E-state index in [9.17, 15) is 4.79 Å². The van der Waals surface area contributed by atoms with Gasteiger partial charge in [-0.05, 0) is 59.3 Å². The topological polar surface area (TPSA) is 52.6 Å². The summed E-state index contributed by atoms with van der Waals surface area (Å²) in [7, 11) is 6.33. The number of nitrogens with zero attached hydrogens (tertiary/aromatic N) is 5. The molecule has 160 valence electrons. The lowest BCUT2D eigenvalue weighted by Gasteiger charge is -2.61. The summed E-state index contributed by atoms with van der Waals surface area (Å²) in [5.41, 5.74) is 0.836. The first-order valence-electron chi connectivity index (χ1n) is 10.7. The maximum absolute atomic E-state index is 14.1. The lowest BCUT2D eigenvalue weighted by Crippen LogP contribution is -2.69. The van der Waals surface area contributed by atoms with E-state index < -0.39 is 10.8 Å². The highest BCUT2D eigenvalue weighted by Gasteiger charge is 2.64. The number of aromatic nitrogens is 2. The van der Waals surface area contributed by atoms with Gasteiger partial charge in [0.2, 0.25) is 0 Å². The molecule has 2 aliphatic heterocycles. The fraction of sp³-hybridized carbons (Fsp3) is 0.542. The summed E-state index contributed by atoms with van der Waals surface area (Å²) in [6.07, 6.45) is 3.65. The third-order valence-electron chi connectivity index (χ3n) is 6.96. The zero-order valence-electron chi connectivity index (χ0n) is 18.7. The molecule has 2 bridgehead atoms. The van der Waals surface area contributed by atoms with Crippen molar-refractivity contribution in [3.05, 3.63) is 60.2 Å². The van der Waals surface area contributed by atoms with Crippen molar-refractivity contribution in [2.45, 2.75) is 25.9 Å². The van der Waals surface area contributed by atoms with Crippen LogP contribution in [0.4, 0.5) is 0 Å². The SMILES string of the molecule is CN(C)CCN1CC2(C)C(=O)C(C)(C1)C(c1ccccn1)N(C)C2c1ccccn1. The summed E-state index contributed by atoms with van der Waals surface area (Å²) >= 11 is 0. The second-order valence-corrected chi connectivity index (χ2v) is 9.66. The summed E-state index contributed by atoms with van der Waals surface area (Å²) < 4.78 is 0. The Labute approximate surface area is 179 Å². The van der Waals surface area contributed by atoms with Crippen molar-refractivity contribution in [3.63, 3.8) is 0 Å². The molecule has 2 aliphatic rings. The zero-order valence-corrected chi connectivity index (χ0v) is 18.7. The summed E-state index contributed by atoms with van der Waals surface area (Å²) in [6, 6.07) is 11.8. The molecule has 2 saturated heterocycles. The number of hydrogen-bond donors (Lipinski definition) is 0. The maximum Gasteiger partial charge on any atom is 0.151 e. The second-order valence-electron chi connectivity index (χ2n) is 9.66. The van der Waals surface area contributed by atoms with E-state index in [2.05, 4.69) is 71.8 Å². The summed E-state index contributed by atoms with van der Waals surface area (Å²) in [5, 5.41) is 0. The molecule has 2 aromatic heterocycles. The lowest BCUT2D eigenvalue weighted by molar-refractivity contribution is -0.177. The molecule has 4 unspecified atom stereocenters. The average Bonchev–Trinajstić information content (AvgIpc) is 2.71. The standard InChI is InChI=1S/C24H33N5O/c1-23-16-29(15-14-27(3)4)17-24(2,22(23)30)21(19-11-7-9-13-26-19)28(5)20(23)18-10-6-8-12-25-18/h6-13,20-21H,14-17H2,1-5H3. The van der Waals surface area contributed by atoms with Crippen LogP contribution in [0.25, 0.3) is 0 Å². The number of carbonyl (C=O) groups is 1. The van der Waals surface area contributed by atoms with Gasteiger partial charge in [-0.2, -0.15) is 0 Å². The van der Waals surface area contributed by atoms with Crippen LogP contribution in [0.5, 0.6) is 0 Å². The fourth-order valence-corrected chi connectivity index (χ4v) is 5.90. The van der Waals surface area contributed by atoms with Crippen molar-refractivity contribution in [2.24, 2.45) is 10.8 Å². The monoisotopic (exact) mass is 407 g/mol. The van der Waals surface area contributed by atoms with E-state index in [-0.39, 0.29) is 12.1 Å². The van der Waals surface area contributed by atoms with Crippen LogP contribution >= 0.6 is 0 Å². The minimum Gasteiger partial charge on any atom is -0.308 e. The van der Waals surface area contributed by atoms with Gasteiger partial charge in [-0.1, -0.05) is 12.1 Å². The van der Waals surface area contributed by atoms with E-state index in [0.29, 0.717) is 5.78 Å². The second kappa shape index (κ2) is 7.84. The van der Waals surface area contributed by atoms with Crippen LogP contribution in [0.15, 0.2) is 48.8 Å². The van der Waals surface area contributed by atoms with Crippen LogP contribution in [0, 0.1) is 10.8 Å². The Bertz CT molecular complexity index is 823. The van der Waals surface area contributed by atoms with Crippen LogP contribution < -0.4 is 0 Å². The highest BCUT2D eigenvalue weighted by molar-refractivity contribution is 5.93. The van der Waals surface area contributed by atoms with E-state index in [4.69, 9.17) is 0 Å². The summed E-state index contributed by atoms with van der Waals surface area (Å²) in [5.74, 6) is 0.334. The number of rotatable bonds is 5. The van der Waals surface area contributed by atoms with Gasteiger partial charge in [0.25, 0.3) is 0 Å². The molecule has 4 atom stereocenters. The normalized spacial score (nSPS) is 32.5. The highest BCUT2D eigenvalue weighted by atomic mass is 16.1. The van der Waals surface area contributed by atoms with Crippen LogP contribution in [0.2, 0.25) is 0 Å². The van der Waals surface area contributed by atoms with Crippen molar-refractivity contribution in [2.75, 3.05) is 47.3 Å². The predicted octanol–water partition coefficient (Wildman–Crippen LogP) is 2.66. The molecule has 4 heterocycles. The number of fused-ring (bicyclic) bond motifs is 2. The summed E-state index contributed by atoms with van der Waals surface area (Å²) in [4.78, 5) is 30.5. The highest BCUT2D eigenvalue weighted by Crippen LogP contribution is 2.58. The number of likely N-dealkylation sites (N-methyl/N-ethyl adjacent to an activating group) is 1. The van der Waals surface area contributed by atoms with Crippen molar-refractivity contribution < 1.29 is 4.79 Å². The zero-order chi connectivity index (χ0) is 21.5. The van der Waals surface area contributed by atoms with Gasteiger partial charge in [0, 0.05) is 38.6 Å². The van der Waals surface area contributed by atoms with E-state index in [1.165, 1.54) is 0 Å². The van der Waals surface area contributed by atoms with Gasteiger partial charge < -0.3 is 4.90 Å². The third kappa shape index (κ3) is 3.37. The van der Waals surface area contributed by atoms with Crippen molar-refractivity contribution in [3.8, 4) is 0 Å². The molecular weight excluding hydrogens is 374 g/mol. The number of hydrogen-bond acceptors (Lipinski definition) is 6. The molecule has 0 aliphatic carbocycles. The maximum atomic E-state index is 14.1. The van der Waals surface area contributed by atoms with E-state index in [1.807, 2.05) is 36.7 Å². The van der Waals surface area contributed by atoms with Gasteiger partial charge in [0.1, 0.15) is 0 Å². The predicted molar refractivity (Wildman–Crippen MR) is 118 cm³/mol. The number of piperidine rings is 2. The Balaban J connectivity index is 1.84. The molecule has 6 heteroatoms. The van der Waals surface area contributed by atoms with Crippen molar-refractivity contribution >= 4 is 5.78 Å². The molecule has 0 spiro atoms. The molecule has 0 saturated carbocycles. The van der Waals surface area contributed by atoms with E-state index >= 15 is 0 Å². The van der Waals surface area contributed by atoms with E-state index in [0.717, 1.165) is 37.6 Å². The van der Waals surface area contributed by atoms with Crippen LogP contribution in [-0.2, 0) is 4.79 Å². The Kier molecular flexibility index (Phi) is 5.51. The van der Waals surface area contributed by atoms with Crippen LogP contribution in [-0.4, -0.2) is 77.8 Å². The summed E-state index contributed by atoms with van der Waals surface area (Å²) in [6.45, 7) is 7.68. The lowest BCUT2D eigenvalue weighted by atomic mass is 9.56. The average molecular weight is 408 g/mol. The largest absolute Gasteiger partial charge is 0.308 e. The molecule has 6 nitrogen and oxygen atoms in total. The molecule has 0 radical (unpaired) electrons. The molecule has 0 N–H and O–H groups in total. The molecular formula is C24H33N5O. The molecule has 30 heavy (non-hydrogen) atoms. The third-order valence-corrected chi connectivity index (χ3v) is 6.96. The minimum absolute atomic E-state index is 0.103. The van der Waals surface area contributed by atoms with Gasteiger partial charge >= 0.3 is 0 Å². The van der Waals surface area contributed by atoms with Gasteiger partial charge in [-0.25, -0.2) is 0 Å². The number of likely N-dealkylation sites (tertiary alicyclic amines) is 2. The number of ketones is 1. The Morgan fingerprint density at radius 2 is 1.47 bits per heavy atom. The molecule has 4 rings (SSSR count). The van der Waals surface area contributed by atoms with Gasteiger partial charge in [0.05, 0.1) is 34.3 Å². The molecule has 2 aromatic rings. The van der Waals surface area contributed by atoms with Crippen molar-refractivity contribution in [1.29, 1.82) is 0 Å². The molecule has 2 fully saturated rings. The fourth-order valence-electron chi connectivity index (χ4n) is 5.90. The first kappa shape index (κ1) is 21.1. The Morgan fingerprint density at radius 1 is 0.967 bits per heavy atom. The minimum atomic E-state index is -0.534. The number of Topliss-reactive ketones (excluding diaryl/α,β-unsaturated/α-hetero) is 1. The Morgan fingerprint density at radius 3 is 1.87 bits per heavy atom. The van der Waals surface area contributed by atoms with Crippen LogP contribution in [0.1, 0.15) is 37.3 Å². The first-order chi connectivity index (χ1) is 14.3. The molecule has 0 amide bonds. The van der Waals surface area contributed by atoms with Gasteiger partial charge in [-0.15, -0.1) is 0 Å². The van der Waals surface area contributed by atoms with Gasteiger partial charge in [0.15, 0.2) is 5.78 Å². The molecule has 0 aromatic carbocycles. The quantitative estimate of drug-likeness (QED) is 0.760.